The number of carbonyl (C=O) groups excluding carboxylic acids is 2. The van der Waals surface area contributed by atoms with Crippen molar-refractivity contribution in [3.8, 4) is 0 Å². The molecule has 1 aliphatic heterocycles. The fourth-order valence-corrected chi connectivity index (χ4v) is 4.78. The van der Waals surface area contributed by atoms with Gasteiger partial charge in [-0.1, -0.05) is 19.3 Å². The van der Waals surface area contributed by atoms with Crippen molar-refractivity contribution >= 4 is 11.9 Å². The monoisotopic (exact) mass is 373 g/mol. The number of likely N-dealkylation sites (tertiary alicyclic amines) is 1. The molecule has 3 N–H and O–H groups in total. The number of hydrogen-bond donors (Lipinski definition) is 3. The van der Waals surface area contributed by atoms with E-state index in [0.29, 0.717) is 6.04 Å². The smallest absolute Gasteiger partial charge is 0.315 e. The molecule has 3 aliphatic rings. The summed E-state index contributed by atoms with van der Waals surface area (Å²) in [6, 6.07) is 0.466. The average Bonchev–Trinajstić information content (AvgIpc) is 3.16. The minimum absolute atomic E-state index is 0.0364. The lowest BCUT2D eigenvalue weighted by atomic mass is 9.86. The predicted octanol–water partition coefficient (Wildman–Crippen LogP) is 2.14. The van der Waals surface area contributed by atoms with Crippen molar-refractivity contribution in [2.75, 3.05) is 13.1 Å². The molecule has 3 amide bonds. The van der Waals surface area contributed by atoms with Crippen LogP contribution in [0, 0.1) is 5.92 Å². The predicted molar refractivity (Wildman–Crippen MR) is 102 cm³/mol. The molecule has 148 valence electrons. The van der Waals surface area contributed by atoms with Crippen LogP contribution in [0.2, 0.25) is 0 Å². The molecule has 2 fully saturated rings. The summed E-state index contributed by atoms with van der Waals surface area (Å²) in [6.07, 6.45) is 12.1. The molecule has 4 rings (SSSR count). The number of nitrogens with one attached hydrogen (secondary N) is 3. The molecule has 1 unspecified atom stereocenters. The topological polar surface area (TPSA) is 90.1 Å². The fourth-order valence-electron chi connectivity index (χ4n) is 4.78. The van der Waals surface area contributed by atoms with Crippen molar-refractivity contribution in [3.05, 3.63) is 17.5 Å². The van der Waals surface area contributed by atoms with Crippen molar-refractivity contribution < 1.29 is 9.59 Å². The Morgan fingerprint density at radius 2 is 1.70 bits per heavy atom. The highest BCUT2D eigenvalue weighted by atomic mass is 16.2. The molecule has 1 saturated heterocycles. The van der Waals surface area contributed by atoms with Crippen molar-refractivity contribution in [1.29, 1.82) is 0 Å². The van der Waals surface area contributed by atoms with Gasteiger partial charge in [-0.05, 0) is 44.1 Å². The average molecular weight is 374 g/mol. The van der Waals surface area contributed by atoms with E-state index in [2.05, 4.69) is 20.8 Å². The van der Waals surface area contributed by atoms with Gasteiger partial charge in [-0.2, -0.15) is 5.10 Å². The van der Waals surface area contributed by atoms with Crippen LogP contribution in [0.5, 0.6) is 0 Å². The molecule has 1 saturated carbocycles. The van der Waals surface area contributed by atoms with Crippen LogP contribution in [-0.4, -0.2) is 52.2 Å². The fraction of sp³-hybridized carbons (Fsp3) is 0.750. The van der Waals surface area contributed by atoms with Gasteiger partial charge >= 0.3 is 6.03 Å². The van der Waals surface area contributed by atoms with Crippen molar-refractivity contribution in [1.82, 2.24) is 25.7 Å². The highest BCUT2D eigenvalue weighted by Gasteiger charge is 2.32. The van der Waals surface area contributed by atoms with E-state index in [1.165, 1.54) is 24.8 Å². The maximum atomic E-state index is 12.9. The molecule has 7 nitrogen and oxygen atoms in total. The Morgan fingerprint density at radius 1 is 1.00 bits per heavy atom. The standard InChI is InChI=1S/C20H31N5O2/c26-19(14-6-7-15-13-21-24-18(15)12-14)25-10-8-17(9-11-25)23-20(27)22-16-4-2-1-3-5-16/h13-14,16-17H,1-12H2,(H,21,24)(H2,22,23,27). The van der Waals surface area contributed by atoms with E-state index in [1.807, 2.05) is 11.1 Å². The Hall–Kier alpha value is -2.05. The summed E-state index contributed by atoms with van der Waals surface area (Å²) in [5, 5.41) is 13.4. The molecular weight excluding hydrogens is 342 g/mol. The molecule has 1 atom stereocenters. The highest BCUT2D eigenvalue weighted by Crippen LogP contribution is 2.26. The van der Waals surface area contributed by atoms with Crippen molar-refractivity contribution in [3.63, 3.8) is 0 Å². The van der Waals surface area contributed by atoms with Crippen LogP contribution in [0.25, 0.3) is 0 Å². The summed E-state index contributed by atoms with van der Waals surface area (Å²) in [5.41, 5.74) is 2.38. The quantitative estimate of drug-likeness (QED) is 0.758. The Labute approximate surface area is 160 Å². The maximum Gasteiger partial charge on any atom is 0.315 e. The number of aromatic nitrogens is 2. The normalized spacial score (nSPS) is 24.3. The number of hydrogen-bond acceptors (Lipinski definition) is 3. The van der Waals surface area contributed by atoms with Crippen molar-refractivity contribution in [2.24, 2.45) is 5.92 Å². The Kier molecular flexibility index (Phi) is 5.64. The summed E-state index contributed by atoms with van der Waals surface area (Å²) >= 11 is 0. The van der Waals surface area contributed by atoms with Gasteiger partial charge in [-0.3, -0.25) is 9.89 Å². The van der Waals surface area contributed by atoms with Gasteiger partial charge in [0.05, 0.1) is 6.20 Å². The zero-order chi connectivity index (χ0) is 18.6. The van der Waals surface area contributed by atoms with Gasteiger partial charge in [-0.15, -0.1) is 0 Å². The van der Waals surface area contributed by atoms with Crippen LogP contribution < -0.4 is 10.6 Å². The van der Waals surface area contributed by atoms with Crippen LogP contribution in [-0.2, 0) is 17.6 Å². The number of carbonyl (C=O) groups is 2. The van der Waals surface area contributed by atoms with Gasteiger partial charge in [0.15, 0.2) is 0 Å². The number of piperidine rings is 1. The van der Waals surface area contributed by atoms with Gasteiger partial charge in [0.2, 0.25) is 5.91 Å². The number of aromatic amines is 1. The van der Waals surface area contributed by atoms with E-state index in [-0.39, 0.29) is 23.9 Å². The lowest BCUT2D eigenvalue weighted by Gasteiger charge is -2.35. The van der Waals surface area contributed by atoms with Crippen LogP contribution in [0.15, 0.2) is 6.20 Å². The van der Waals surface area contributed by atoms with Crippen LogP contribution in [0.4, 0.5) is 4.79 Å². The molecule has 0 aromatic carbocycles. The molecule has 0 radical (unpaired) electrons. The van der Waals surface area contributed by atoms with Gasteiger partial charge < -0.3 is 15.5 Å². The SMILES string of the molecule is O=C(NC1CCCCC1)NC1CCN(C(=O)C2CCc3cn[nH]c3C2)CC1. The molecule has 1 aromatic heterocycles. The summed E-state index contributed by atoms with van der Waals surface area (Å²) in [5.74, 6) is 0.331. The van der Waals surface area contributed by atoms with Gasteiger partial charge in [-0.25, -0.2) is 4.79 Å². The number of rotatable bonds is 3. The molecular formula is C20H31N5O2. The molecule has 1 aromatic rings. The minimum Gasteiger partial charge on any atom is -0.342 e. The van der Waals surface area contributed by atoms with Crippen LogP contribution >= 0.6 is 0 Å². The number of nitrogens with zero attached hydrogens (tertiary/aromatic N) is 2. The molecule has 27 heavy (non-hydrogen) atoms. The molecule has 0 bridgehead atoms. The second-order valence-electron chi connectivity index (χ2n) is 8.37. The van der Waals surface area contributed by atoms with E-state index in [9.17, 15) is 9.59 Å². The summed E-state index contributed by atoms with van der Waals surface area (Å²) in [4.78, 5) is 27.1. The first-order valence-corrected chi connectivity index (χ1v) is 10.6. The van der Waals surface area contributed by atoms with E-state index in [0.717, 1.165) is 63.7 Å². The lowest BCUT2D eigenvalue weighted by molar-refractivity contribution is -0.137. The maximum absolute atomic E-state index is 12.9. The summed E-state index contributed by atoms with van der Waals surface area (Å²) in [7, 11) is 0. The number of urea groups is 1. The van der Waals surface area contributed by atoms with Crippen LogP contribution in [0.1, 0.15) is 62.6 Å². The molecule has 0 spiro atoms. The Bertz CT molecular complexity index is 659. The first kappa shape index (κ1) is 18.3. The summed E-state index contributed by atoms with van der Waals surface area (Å²) in [6.45, 7) is 1.47. The Morgan fingerprint density at radius 3 is 2.44 bits per heavy atom. The number of aryl methyl sites for hydroxylation is 1. The number of H-pyrrole nitrogens is 1. The van der Waals surface area contributed by atoms with E-state index >= 15 is 0 Å². The minimum atomic E-state index is -0.0364. The number of amides is 3. The van der Waals surface area contributed by atoms with Crippen LogP contribution in [0.3, 0.4) is 0 Å². The molecule has 7 heteroatoms. The second kappa shape index (κ2) is 8.31. The third kappa shape index (κ3) is 4.45. The number of fused-ring (bicyclic) bond motifs is 1. The largest absolute Gasteiger partial charge is 0.342 e. The van der Waals surface area contributed by atoms with Gasteiger partial charge in [0.25, 0.3) is 0 Å². The Balaban J connectivity index is 1.20. The van der Waals surface area contributed by atoms with Crippen molar-refractivity contribution in [2.45, 2.75) is 76.3 Å². The molecule has 2 aliphatic carbocycles. The summed E-state index contributed by atoms with van der Waals surface area (Å²) < 4.78 is 0. The highest BCUT2D eigenvalue weighted by molar-refractivity contribution is 5.79. The third-order valence-corrected chi connectivity index (χ3v) is 6.45. The zero-order valence-electron chi connectivity index (χ0n) is 16.0. The third-order valence-electron chi connectivity index (χ3n) is 6.45. The van der Waals surface area contributed by atoms with E-state index < -0.39 is 0 Å². The second-order valence-corrected chi connectivity index (χ2v) is 8.37. The van der Waals surface area contributed by atoms with Gasteiger partial charge in [0, 0.05) is 43.2 Å². The van der Waals surface area contributed by atoms with Gasteiger partial charge in [0.1, 0.15) is 0 Å². The first-order chi connectivity index (χ1) is 13.2. The van der Waals surface area contributed by atoms with E-state index in [1.54, 1.807) is 0 Å². The molecule has 2 heterocycles. The first-order valence-electron chi connectivity index (χ1n) is 10.6. The zero-order valence-corrected chi connectivity index (χ0v) is 16.0. The van der Waals surface area contributed by atoms with E-state index in [4.69, 9.17) is 0 Å². The lowest BCUT2D eigenvalue weighted by Crippen LogP contribution is -2.52.